The Balaban J connectivity index is 1.83. The van der Waals surface area contributed by atoms with Gasteiger partial charge < -0.3 is 20.3 Å². The van der Waals surface area contributed by atoms with Gasteiger partial charge in [0.25, 0.3) is 10.0 Å². The second kappa shape index (κ2) is 8.69. The van der Waals surface area contributed by atoms with Gasteiger partial charge in [-0.3, -0.25) is 0 Å². The third-order valence-electron chi connectivity index (χ3n) is 3.56. The molecule has 0 saturated heterocycles. The highest BCUT2D eigenvalue weighted by Gasteiger charge is 2.31. The highest BCUT2D eigenvalue weighted by Crippen LogP contribution is 2.20. The molecule has 8 nitrogen and oxygen atoms in total. The molecule has 1 aromatic rings. The van der Waals surface area contributed by atoms with Crippen LogP contribution in [0.5, 0.6) is 5.75 Å². The van der Waals surface area contributed by atoms with E-state index < -0.39 is 10.0 Å². The minimum atomic E-state index is -3.90. The van der Waals surface area contributed by atoms with Crippen LogP contribution in [0.3, 0.4) is 0 Å². The van der Waals surface area contributed by atoms with Gasteiger partial charge in [-0.05, 0) is 38.2 Å². The number of allylic oxidation sites excluding steroid dienone is 1. The van der Waals surface area contributed by atoms with Gasteiger partial charge >= 0.3 is 0 Å². The zero-order valence-corrected chi connectivity index (χ0v) is 15.9. The molecular formula is C17H23N5O3S. The molecule has 26 heavy (non-hydrogen) atoms. The van der Waals surface area contributed by atoms with Crippen molar-refractivity contribution in [2.24, 2.45) is 4.40 Å². The smallest absolute Gasteiger partial charge is 0.296 e. The summed E-state index contributed by atoms with van der Waals surface area (Å²) in [6, 6.07) is 9.58. The standard InChI is InChI=1S/C17H23N5O3S/c1-19-16-15(11-18)26(23,24)21-17(16)20-8-5-9-25-14-7-4-6-13(10-14)12-22(2)3/h4,6-7,10,19H,5,8-9,12H2,1-3H3,(H,20,21). The van der Waals surface area contributed by atoms with E-state index in [4.69, 9.17) is 10.00 Å². The quantitative estimate of drug-likeness (QED) is 0.645. The molecule has 1 aromatic carbocycles. The minimum absolute atomic E-state index is 0.164. The Morgan fingerprint density at radius 2 is 2.12 bits per heavy atom. The first kappa shape index (κ1) is 19.8. The maximum absolute atomic E-state index is 11.8. The molecule has 0 radical (unpaired) electrons. The molecule has 0 unspecified atom stereocenters. The Bertz CT molecular complexity index is 853. The third kappa shape index (κ3) is 4.97. The molecule has 1 heterocycles. The summed E-state index contributed by atoms with van der Waals surface area (Å²) in [4.78, 5) is 1.72. The van der Waals surface area contributed by atoms with E-state index in [1.807, 2.05) is 38.4 Å². The second-order valence-corrected chi connectivity index (χ2v) is 7.54. The highest BCUT2D eigenvalue weighted by atomic mass is 32.2. The van der Waals surface area contributed by atoms with E-state index in [2.05, 4.69) is 19.9 Å². The molecule has 0 saturated carbocycles. The van der Waals surface area contributed by atoms with Crippen molar-refractivity contribution in [3.63, 3.8) is 0 Å². The van der Waals surface area contributed by atoms with Crippen molar-refractivity contribution in [3.8, 4) is 11.8 Å². The van der Waals surface area contributed by atoms with Crippen molar-refractivity contribution >= 4 is 15.9 Å². The topological polar surface area (TPSA) is 107 Å². The molecule has 9 heteroatoms. The lowest BCUT2D eigenvalue weighted by atomic mass is 10.2. The predicted molar refractivity (Wildman–Crippen MR) is 100 cm³/mol. The minimum Gasteiger partial charge on any atom is -0.494 e. The molecule has 1 aliphatic rings. The van der Waals surface area contributed by atoms with E-state index in [1.54, 1.807) is 13.1 Å². The summed E-state index contributed by atoms with van der Waals surface area (Å²) in [7, 11) is 1.67. The zero-order chi connectivity index (χ0) is 19.2. The molecule has 0 amide bonds. The van der Waals surface area contributed by atoms with E-state index in [0.29, 0.717) is 19.6 Å². The molecule has 0 fully saturated rings. The number of nitrogens with zero attached hydrogens (tertiary/aromatic N) is 3. The number of likely N-dealkylation sites (N-methyl/N-ethyl adjacent to an activating group) is 1. The van der Waals surface area contributed by atoms with Crippen LogP contribution in [0.25, 0.3) is 0 Å². The van der Waals surface area contributed by atoms with Gasteiger partial charge in [0.2, 0.25) is 0 Å². The molecule has 140 valence electrons. The Morgan fingerprint density at radius 1 is 1.35 bits per heavy atom. The first-order chi connectivity index (χ1) is 12.4. The van der Waals surface area contributed by atoms with Crippen LogP contribution in [0, 0.1) is 11.3 Å². The van der Waals surface area contributed by atoms with E-state index in [9.17, 15) is 8.42 Å². The molecule has 0 spiro atoms. The second-order valence-electron chi connectivity index (χ2n) is 5.99. The number of nitrogens with one attached hydrogen (secondary N) is 2. The Labute approximate surface area is 154 Å². The first-order valence-electron chi connectivity index (χ1n) is 8.15. The average molecular weight is 377 g/mol. The third-order valence-corrected chi connectivity index (χ3v) is 4.80. The van der Waals surface area contributed by atoms with Crippen LogP contribution in [0.4, 0.5) is 0 Å². The fourth-order valence-electron chi connectivity index (χ4n) is 2.48. The molecule has 2 rings (SSSR count). The summed E-state index contributed by atoms with van der Waals surface area (Å²) in [6.07, 6.45) is 0.649. The fourth-order valence-corrected chi connectivity index (χ4v) is 3.54. The van der Waals surface area contributed by atoms with Crippen molar-refractivity contribution in [2.75, 3.05) is 34.3 Å². The average Bonchev–Trinajstić information content (AvgIpc) is 2.83. The van der Waals surface area contributed by atoms with Gasteiger partial charge in [0.1, 0.15) is 17.5 Å². The van der Waals surface area contributed by atoms with Crippen LogP contribution in [0.15, 0.2) is 39.3 Å². The number of amidine groups is 1. The fraction of sp³-hybridized carbons (Fsp3) is 0.412. The predicted octanol–water partition coefficient (Wildman–Crippen LogP) is 0.803. The summed E-state index contributed by atoms with van der Waals surface area (Å²) < 4.78 is 32.9. The largest absolute Gasteiger partial charge is 0.494 e. The van der Waals surface area contributed by atoms with E-state index in [-0.39, 0.29) is 16.4 Å². The van der Waals surface area contributed by atoms with Gasteiger partial charge in [-0.1, -0.05) is 12.1 Å². The molecule has 0 aromatic heterocycles. The molecule has 2 N–H and O–H groups in total. The van der Waals surface area contributed by atoms with Crippen molar-refractivity contribution < 1.29 is 13.2 Å². The van der Waals surface area contributed by atoms with Crippen LogP contribution in [-0.2, 0) is 16.6 Å². The lowest BCUT2D eigenvalue weighted by Crippen LogP contribution is -2.30. The number of benzene rings is 1. The highest BCUT2D eigenvalue weighted by molar-refractivity contribution is 7.94. The summed E-state index contributed by atoms with van der Waals surface area (Å²) in [5.74, 6) is 0.963. The van der Waals surface area contributed by atoms with Crippen LogP contribution >= 0.6 is 0 Å². The van der Waals surface area contributed by atoms with Crippen molar-refractivity contribution in [1.82, 2.24) is 15.5 Å². The van der Waals surface area contributed by atoms with Gasteiger partial charge in [-0.2, -0.15) is 13.7 Å². The maximum atomic E-state index is 11.8. The van der Waals surface area contributed by atoms with Gasteiger partial charge in [-0.15, -0.1) is 4.40 Å². The van der Waals surface area contributed by atoms with Crippen molar-refractivity contribution in [1.29, 1.82) is 5.26 Å². The number of hydrogen-bond donors (Lipinski definition) is 2. The number of nitriles is 1. The van der Waals surface area contributed by atoms with Crippen LogP contribution < -0.4 is 15.4 Å². The summed E-state index contributed by atoms with van der Waals surface area (Å²) in [5, 5.41) is 14.6. The Hall–Kier alpha value is -2.57. The van der Waals surface area contributed by atoms with Gasteiger partial charge in [0.15, 0.2) is 10.7 Å². The van der Waals surface area contributed by atoms with Crippen molar-refractivity contribution in [3.05, 3.63) is 40.4 Å². The summed E-state index contributed by atoms with van der Waals surface area (Å²) in [5.41, 5.74) is 1.37. The number of rotatable bonds is 8. The summed E-state index contributed by atoms with van der Waals surface area (Å²) in [6.45, 7) is 1.78. The molecule has 1 aliphatic heterocycles. The number of ether oxygens (including phenoxy) is 1. The van der Waals surface area contributed by atoms with Crippen LogP contribution in [0.1, 0.15) is 12.0 Å². The Morgan fingerprint density at radius 3 is 2.77 bits per heavy atom. The van der Waals surface area contributed by atoms with Crippen LogP contribution in [0.2, 0.25) is 0 Å². The molecular weight excluding hydrogens is 354 g/mol. The maximum Gasteiger partial charge on any atom is 0.296 e. The lowest BCUT2D eigenvalue weighted by Gasteiger charge is -2.12. The van der Waals surface area contributed by atoms with Crippen molar-refractivity contribution in [2.45, 2.75) is 13.0 Å². The molecule has 0 bridgehead atoms. The van der Waals surface area contributed by atoms with Crippen LogP contribution in [-0.4, -0.2) is 53.4 Å². The van der Waals surface area contributed by atoms with E-state index >= 15 is 0 Å². The van der Waals surface area contributed by atoms with E-state index in [0.717, 1.165) is 12.3 Å². The number of hydrogen-bond acceptors (Lipinski definition) is 7. The van der Waals surface area contributed by atoms with Gasteiger partial charge in [-0.25, -0.2) is 0 Å². The van der Waals surface area contributed by atoms with E-state index in [1.165, 1.54) is 5.56 Å². The first-order valence-corrected chi connectivity index (χ1v) is 9.59. The monoisotopic (exact) mass is 377 g/mol. The lowest BCUT2D eigenvalue weighted by molar-refractivity contribution is 0.310. The number of sulfonamides is 1. The Kier molecular flexibility index (Phi) is 6.60. The SMILES string of the molecule is CNC1=C(C#N)S(=O)(=O)N=C1NCCCOc1cccc(CN(C)C)c1. The van der Waals surface area contributed by atoms with Gasteiger partial charge in [0.05, 0.1) is 6.61 Å². The molecule has 0 atom stereocenters. The van der Waals surface area contributed by atoms with Gasteiger partial charge in [0, 0.05) is 20.1 Å². The summed E-state index contributed by atoms with van der Waals surface area (Å²) >= 11 is 0. The normalized spacial score (nSPS) is 15.6. The molecule has 0 aliphatic carbocycles. The zero-order valence-electron chi connectivity index (χ0n) is 15.1.